The Hall–Kier alpha value is -9.22. The largest absolute Gasteiger partial charge is 0.313 e. The molecule has 1 nitrogen and oxygen atoms in total. The minimum atomic E-state index is -0.544. The van der Waals surface area contributed by atoms with Gasteiger partial charge in [0.25, 0.3) is 0 Å². The van der Waals surface area contributed by atoms with E-state index >= 15 is 0 Å². The summed E-state index contributed by atoms with van der Waals surface area (Å²) in [5.41, 5.74) is 26.8. The van der Waals surface area contributed by atoms with Crippen LogP contribution in [0.4, 0.5) is 11.4 Å². The Kier molecular flexibility index (Phi) is 11.4. The van der Waals surface area contributed by atoms with Crippen LogP contribution in [-0.4, -0.2) is 0 Å². The normalized spacial score (nSPS) is 14.7. The van der Waals surface area contributed by atoms with Crippen LogP contribution in [0.25, 0.3) is 72.0 Å². The zero-order valence-electron chi connectivity index (χ0n) is 45.6. The summed E-state index contributed by atoms with van der Waals surface area (Å²) in [6.07, 6.45) is 4.30. The maximum Gasteiger partial charge on any atom is 0.0710 e. The molecule has 0 radical (unpaired) electrons. The van der Waals surface area contributed by atoms with Crippen molar-refractivity contribution in [3.8, 4) is 55.6 Å². The van der Waals surface area contributed by atoms with Gasteiger partial charge in [0.1, 0.15) is 0 Å². The summed E-state index contributed by atoms with van der Waals surface area (Å²) < 4.78 is 0. The third-order valence-corrected chi connectivity index (χ3v) is 17.5. The second-order valence-electron chi connectivity index (χ2n) is 23.3. The highest BCUT2D eigenvalue weighted by Crippen LogP contribution is 2.59. The molecule has 0 spiro atoms. The summed E-state index contributed by atoms with van der Waals surface area (Å²) in [6, 6.07) is 100. The Labute approximate surface area is 466 Å². The Morgan fingerprint density at radius 3 is 1.73 bits per heavy atom. The van der Waals surface area contributed by atoms with Crippen LogP contribution in [0.3, 0.4) is 0 Å². The van der Waals surface area contributed by atoms with Crippen LogP contribution < -0.4 is 4.90 Å². The topological polar surface area (TPSA) is 3.24 Å². The molecule has 0 heterocycles. The van der Waals surface area contributed by atoms with Crippen molar-refractivity contribution in [1.82, 2.24) is 0 Å². The lowest BCUT2D eigenvalue weighted by Gasteiger charge is -2.38. The number of nitrogens with zero attached hydrogens (tertiary/aromatic N) is 1. The molecule has 0 N–H and O–H groups in total. The molecule has 79 heavy (non-hydrogen) atoms. The van der Waals surface area contributed by atoms with Crippen LogP contribution in [0.15, 0.2) is 266 Å². The Bertz CT molecular complexity index is 4170. The van der Waals surface area contributed by atoms with Gasteiger partial charge >= 0.3 is 0 Å². The van der Waals surface area contributed by atoms with Crippen LogP contribution in [0.5, 0.6) is 0 Å². The molecular weight excluding hydrogens is 951 g/mol. The molecule has 0 unspecified atom stereocenters. The van der Waals surface area contributed by atoms with Gasteiger partial charge in [-0.2, -0.15) is 0 Å². The highest BCUT2D eigenvalue weighted by Gasteiger charge is 2.48. The SMILES string of the molecule is CC(C)(C)c1ccc(-c2ccc(N(C3=CC4=C(CC3)c3ccccc3C4(c3ccccc3)c3ccccc3)c3ccc4ccccc4c3-c3ccc(-c4ccc5c(c4)C(C)(C)c4ccccc4-5)cc3)c(-c3c#cccc3)c2)cc1. The summed E-state index contributed by atoms with van der Waals surface area (Å²) in [5.74, 6) is 0. The molecule has 1 heteroatoms. The summed E-state index contributed by atoms with van der Waals surface area (Å²) >= 11 is 0. The molecule has 14 rings (SSSR count). The van der Waals surface area contributed by atoms with Gasteiger partial charge in [-0.15, -0.1) is 0 Å². The fourth-order valence-corrected chi connectivity index (χ4v) is 13.6. The first-order chi connectivity index (χ1) is 38.6. The summed E-state index contributed by atoms with van der Waals surface area (Å²) in [5, 5.41) is 2.41. The number of hydrogen-bond donors (Lipinski definition) is 0. The average molecular weight is 1010 g/mol. The second kappa shape index (κ2) is 18.8. The lowest BCUT2D eigenvalue weighted by atomic mass is 9.66. The number of fused-ring (bicyclic) bond motifs is 6. The molecule has 3 aliphatic rings. The van der Waals surface area contributed by atoms with E-state index in [9.17, 15) is 0 Å². The van der Waals surface area contributed by atoms with Gasteiger partial charge < -0.3 is 4.90 Å². The van der Waals surface area contributed by atoms with Crippen molar-refractivity contribution in [2.24, 2.45) is 0 Å². The summed E-state index contributed by atoms with van der Waals surface area (Å²) in [7, 11) is 0. The summed E-state index contributed by atoms with van der Waals surface area (Å²) in [4.78, 5) is 2.62. The second-order valence-corrected chi connectivity index (χ2v) is 23.3. The zero-order valence-corrected chi connectivity index (χ0v) is 45.6. The Balaban J connectivity index is 1.00. The smallest absolute Gasteiger partial charge is 0.0710 e. The molecule has 0 saturated carbocycles. The van der Waals surface area contributed by atoms with Gasteiger partial charge in [0.2, 0.25) is 0 Å². The Morgan fingerprint density at radius 2 is 1.03 bits per heavy atom. The number of allylic oxidation sites excluding steroid dienone is 4. The van der Waals surface area contributed by atoms with Crippen LogP contribution >= 0.6 is 0 Å². The first kappa shape index (κ1) is 48.2. The monoisotopic (exact) mass is 1010 g/mol. The molecule has 0 atom stereocenters. The third kappa shape index (κ3) is 7.84. The fourth-order valence-electron chi connectivity index (χ4n) is 13.6. The molecule has 0 bridgehead atoms. The van der Waals surface area contributed by atoms with E-state index in [-0.39, 0.29) is 10.8 Å². The van der Waals surface area contributed by atoms with E-state index < -0.39 is 5.41 Å². The van der Waals surface area contributed by atoms with Gasteiger partial charge in [-0.25, -0.2) is 0 Å². The van der Waals surface area contributed by atoms with Crippen LogP contribution in [0, 0.1) is 12.1 Å². The van der Waals surface area contributed by atoms with Crippen molar-refractivity contribution < 1.29 is 0 Å². The first-order valence-corrected chi connectivity index (χ1v) is 28.0. The predicted octanol–water partition coefficient (Wildman–Crippen LogP) is 20.3. The van der Waals surface area contributed by atoms with E-state index in [1.165, 1.54) is 106 Å². The number of hydrogen-bond acceptors (Lipinski definition) is 1. The van der Waals surface area contributed by atoms with Gasteiger partial charge in [-0.3, -0.25) is 0 Å². The standard InChI is InChI=1S/C78H61N/c1-76(2,3)59-42-37-53(38-43-59)57-41-47-73(68(49-57)54-21-9-6-10-22-54)79(62-44-46-67-65-30-18-20-32-70(65)78(72(67)51-62,60-24-11-7-12-25-60)61-26-13-8-14-27-61)74-48-40-55-23-15-16-28-63(55)75(74)56-35-33-52(34-36-56)58-39-45-66-64-29-17-19-31-69(64)77(4,5)71(66)50-58/h6-9,11-21,23-43,45,47-51H,44,46H2,1-5H3. The van der Waals surface area contributed by atoms with Crippen molar-refractivity contribution in [3.05, 3.63) is 317 Å². The van der Waals surface area contributed by atoms with Gasteiger partial charge in [-0.1, -0.05) is 259 Å². The van der Waals surface area contributed by atoms with Crippen LogP contribution in [-0.2, 0) is 16.2 Å². The minimum Gasteiger partial charge on any atom is -0.313 e. The Morgan fingerprint density at radius 1 is 0.443 bits per heavy atom. The molecule has 0 fully saturated rings. The van der Waals surface area contributed by atoms with E-state index in [0.717, 1.165) is 40.9 Å². The molecule has 3 aliphatic carbocycles. The van der Waals surface area contributed by atoms with Crippen molar-refractivity contribution in [2.45, 2.75) is 63.7 Å². The van der Waals surface area contributed by atoms with E-state index in [2.05, 4.69) is 300 Å². The lowest BCUT2D eigenvalue weighted by molar-refractivity contribution is 0.590. The number of anilines is 2. The van der Waals surface area contributed by atoms with E-state index in [1.54, 1.807) is 0 Å². The van der Waals surface area contributed by atoms with E-state index in [4.69, 9.17) is 0 Å². The van der Waals surface area contributed by atoms with Crippen LogP contribution in [0.1, 0.15) is 86.4 Å². The van der Waals surface area contributed by atoms with Crippen LogP contribution in [0.2, 0.25) is 0 Å². The molecule has 11 aromatic rings. The molecule has 0 amide bonds. The first-order valence-electron chi connectivity index (χ1n) is 28.0. The van der Waals surface area contributed by atoms with Gasteiger partial charge in [-0.05, 0) is 161 Å². The van der Waals surface area contributed by atoms with Crippen molar-refractivity contribution in [1.29, 1.82) is 0 Å². The van der Waals surface area contributed by atoms with Gasteiger partial charge in [0.15, 0.2) is 0 Å². The van der Waals surface area contributed by atoms with E-state index in [1.807, 2.05) is 6.07 Å². The highest BCUT2D eigenvalue weighted by molar-refractivity contribution is 6.06. The summed E-state index contributed by atoms with van der Waals surface area (Å²) in [6.45, 7) is 11.6. The van der Waals surface area contributed by atoms with E-state index in [0.29, 0.717) is 0 Å². The molecule has 0 aromatic heterocycles. The maximum absolute atomic E-state index is 3.59. The molecule has 11 aromatic carbocycles. The molecule has 378 valence electrons. The maximum atomic E-state index is 3.59. The number of rotatable bonds is 9. The van der Waals surface area contributed by atoms with Gasteiger partial charge in [0, 0.05) is 27.8 Å². The van der Waals surface area contributed by atoms with Gasteiger partial charge in [0.05, 0.1) is 16.8 Å². The predicted molar refractivity (Wildman–Crippen MR) is 332 cm³/mol. The molecular formula is C78H61N. The number of benzene rings is 10. The molecule has 0 aliphatic heterocycles. The lowest BCUT2D eigenvalue weighted by Crippen LogP contribution is -2.30. The van der Waals surface area contributed by atoms with Crippen molar-refractivity contribution in [3.63, 3.8) is 0 Å². The molecule has 0 saturated heterocycles. The zero-order chi connectivity index (χ0) is 53.5. The highest BCUT2D eigenvalue weighted by atomic mass is 15.2. The van der Waals surface area contributed by atoms with Crippen molar-refractivity contribution >= 4 is 27.7 Å². The fraction of sp³-hybridized carbons (Fsp3) is 0.128. The minimum absolute atomic E-state index is 0.0507. The average Bonchev–Trinajstić information content (AvgIpc) is 4.18. The quantitative estimate of drug-likeness (QED) is 0.139. The third-order valence-electron chi connectivity index (χ3n) is 17.5. The van der Waals surface area contributed by atoms with Crippen molar-refractivity contribution in [2.75, 3.05) is 4.90 Å².